The highest BCUT2D eigenvalue weighted by Crippen LogP contribution is 2.17. The molecule has 0 atom stereocenters. The number of benzene rings is 1. The monoisotopic (exact) mass is 316 g/mol. The van der Waals surface area contributed by atoms with Crippen molar-refractivity contribution in [3.05, 3.63) is 29.5 Å². The van der Waals surface area contributed by atoms with E-state index < -0.39 is 0 Å². The van der Waals surface area contributed by atoms with Gasteiger partial charge in [-0.25, -0.2) is 0 Å². The van der Waals surface area contributed by atoms with E-state index in [9.17, 15) is 5.21 Å². The average Bonchev–Trinajstić information content (AvgIpc) is 2.29. The fourth-order valence-corrected chi connectivity index (χ4v) is 1.09. The third-order valence-electron chi connectivity index (χ3n) is 1.62. The van der Waals surface area contributed by atoms with E-state index >= 15 is 0 Å². The quantitative estimate of drug-likeness (QED) is 0.283. The lowest BCUT2D eigenvalue weighted by Crippen LogP contribution is -1.94. The molecule has 0 saturated heterocycles. The van der Waals surface area contributed by atoms with Crippen LogP contribution in [-0.2, 0) is 0 Å². The third-order valence-corrected chi connectivity index (χ3v) is 2.00. The van der Waals surface area contributed by atoms with Gasteiger partial charge in [0, 0.05) is 34.7 Å². The first-order chi connectivity index (χ1) is 7.27. The molecule has 5 heteroatoms. The van der Waals surface area contributed by atoms with Gasteiger partial charge in [0.2, 0.25) is 5.69 Å². The van der Waals surface area contributed by atoms with Crippen LogP contribution in [0.15, 0.2) is 29.4 Å². The summed E-state index contributed by atoms with van der Waals surface area (Å²) in [7, 11) is 1.44. The van der Waals surface area contributed by atoms with Gasteiger partial charge < -0.3 is 9.94 Å². The van der Waals surface area contributed by atoms with E-state index in [0.717, 1.165) is 0 Å². The molecule has 0 aliphatic rings. The van der Waals surface area contributed by atoms with Crippen LogP contribution >= 0.6 is 22.6 Å². The summed E-state index contributed by atoms with van der Waals surface area (Å²) in [4.78, 5) is 0.550. The van der Waals surface area contributed by atoms with Crippen LogP contribution in [0.5, 0.6) is 5.75 Å². The van der Waals surface area contributed by atoms with Gasteiger partial charge in [-0.2, -0.15) is 0 Å². The number of hydrogen-bond donors (Lipinski definition) is 0. The largest absolute Gasteiger partial charge is 0.594 e. The molecule has 1 aromatic rings. The van der Waals surface area contributed by atoms with Gasteiger partial charge in [-0.15, -0.1) is 0 Å². The SMILES string of the molecule is CN=[N+]([O-])c1ccc(OCC#CI)cc1. The van der Waals surface area contributed by atoms with Crippen molar-refractivity contribution < 1.29 is 9.60 Å². The van der Waals surface area contributed by atoms with Crippen LogP contribution in [0.25, 0.3) is 0 Å². The Labute approximate surface area is 102 Å². The van der Waals surface area contributed by atoms with E-state index in [2.05, 4.69) is 15.0 Å². The molecule has 0 aromatic heterocycles. The van der Waals surface area contributed by atoms with Crippen LogP contribution < -0.4 is 4.74 Å². The van der Waals surface area contributed by atoms with Gasteiger partial charge in [0.15, 0.2) is 0 Å². The number of halogens is 1. The minimum absolute atomic E-state index is 0.349. The number of hydrogen-bond acceptors (Lipinski definition) is 3. The number of azo groups is 1. The minimum atomic E-state index is 0.349. The van der Waals surface area contributed by atoms with Crippen molar-refractivity contribution >= 4 is 28.3 Å². The lowest BCUT2D eigenvalue weighted by atomic mass is 10.3. The zero-order valence-electron chi connectivity index (χ0n) is 8.11. The zero-order valence-corrected chi connectivity index (χ0v) is 10.3. The van der Waals surface area contributed by atoms with Crippen LogP contribution in [0, 0.1) is 15.1 Å². The summed E-state index contributed by atoms with van der Waals surface area (Å²) < 4.78 is 7.98. The van der Waals surface area contributed by atoms with Gasteiger partial charge in [0.05, 0.1) is 7.05 Å². The molecule has 0 radical (unpaired) electrons. The van der Waals surface area contributed by atoms with Crippen molar-refractivity contribution in [1.29, 1.82) is 0 Å². The highest BCUT2D eigenvalue weighted by molar-refractivity contribution is 14.1. The molecule has 78 valence electrons. The highest BCUT2D eigenvalue weighted by atomic mass is 127. The molecule has 0 N–H and O–H groups in total. The van der Waals surface area contributed by atoms with Crippen LogP contribution in [-0.4, -0.2) is 18.5 Å². The van der Waals surface area contributed by atoms with Crippen LogP contribution in [0.3, 0.4) is 0 Å². The highest BCUT2D eigenvalue weighted by Gasteiger charge is 2.01. The first kappa shape index (κ1) is 11.8. The molecule has 0 aliphatic heterocycles. The van der Waals surface area contributed by atoms with Gasteiger partial charge in [0.1, 0.15) is 12.4 Å². The van der Waals surface area contributed by atoms with Crippen molar-refractivity contribution in [2.24, 2.45) is 5.11 Å². The molecule has 0 spiro atoms. The molecular formula is C10H9IN2O2. The molecule has 0 heterocycles. The molecule has 4 nitrogen and oxygen atoms in total. The maximum atomic E-state index is 11.1. The Balaban J connectivity index is 2.67. The van der Waals surface area contributed by atoms with Gasteiger partial charge >= 0.3 is 0 Å². The maximum absolute atomic E-state index is 11.1. The molecule has 15 heavy (non-hydrogen) atoms. The molecule has 0 bridgehead atoms. The Morgan fingerprint density at radius 3 is 2.67 bits per heavy atom. The summed E-state index contributed by atoms with van der Waals surface area (Å²) in [5, 5.41) is 14.5. The van der Waals surface area contributed by atoms with Crippen molar-refractivity contribution in [1.82, 2.24) is 0 Å². The van der Waals surface area contributed by atoms with Crippen LogP contribution in [0.2, 0.25) is 0 Å². The zero-order chi connectivity index (χ0) is 11.1. The molecule has 0 amide bonds. The number of nitrogens with zero attached hydrogens (tertiary/aromatic N) is 2. The van der Waals surface area contributed by atoms with E-state index in [-0.39, 0.29) is 0 Å². The summed E-state index contributed by atoms with van der Waals surface area (Å²) in [6, 6.07) is 6.71. The molecule has 1 aromatic carbocycles. The van der Waals surface area contributed by atoms with Gasteiger partial charge in [-0.05, 0) is 21.2 Å². The molecule has 0 fully saturated rings. The van der Waals surface area contributed by atoms with E-state index in [4.69, 9.17) is 4.74 Å². The molecule has 0 aliphatic carbocycles. The first-order valence-electron chi connectivity index (χ1n) is 4.16. The second-order valence-electron chi connectivity index (χ2n) is 2.53. The summed E-state index contributed by atoms with van der Waals surface area (Å²) in [5.74, 6) is 3.45. The smallest absolute Gasteiger partial charge is 0.244 e. The Hall–Kier alpha value is -1.29. The maximum Gasteiger partial charge on any atom is 0.244 e. The Morgan fingerprint density at radius 1 is 1.47 bits per heavy atom. The Kier molecular flexibility index (Phi) is 4.90. The molecule has 0 unspecified atom stereocenters. The predicted octanol–water partition coefficient (Wildman–Crippen LogP) is 2.69. The Bertz CT molecular complexity index is 404. The third kappa shape index (κ3) is 3.75. The van der Waals surface area contributed by atoms with Gasteiger partial charge in [-0.3, -0.25) is 0 Å². The van der Waals surface area contributed by atoms with Gasteiger partial charge in [-0.1, -0.05) is 10.8 Å². The van der Waals surface area contributed by atoms with Crippen LogP contribution in [0.1, 0.15) is 0 Å². The van der Waals surface area contributed by atoms with Crippen molar-refractivity contribution in [3.63, 3.8) is 0 Å². The van der Waals surface area contributed by atoms with Crippen molar-refractivity contribution in [2.75, 3.05) is 13.7 Å². The van der Waals surface area contributed by atoms with E-state index in [0.29, 0.717) is 22.9 Å². The lowest BCUT2D eigenvalue weighted by molar-refractivity contribution is -0.439. The van der Waals surface area contributed by atoms with Crippen molar-refractivity contribution in [3.8, 4) is 15.6 Å². The summed E-state index contributed by atoms with van der Waals surface area (Å²) in [6.45, 7) is 0.349. The summed E-state index contributed by atoms with van der Waals surface area (Å²) in [5.41, 5.74) is 0.477. The van der Waals surface area contributed by atoms with E-state index in [1.54, 1.807) is 24.3 Å². The van der Waals surface area contributed by atoms with Crippen molar-refractivity contribution in [2.45, 2.75) is 0 Å². The minimum Gasteiger partial charge on any atom is -0.594 e. The summed E-state index contributed by atoms with van der Waals surface area (Å²) >= 11 is 1.95. The van der Waals surface area contributed by atoms with Gasteiger partial charge in [0.25, 0.3) is 0 Å². The first-order valence-corrected chi connectivity index (χ1v) is 5.24. The predicted molar refractivity (Wildman–Crippen MR) is 65.4 cm³/mol. The molecule has 1 rings (SSSR count). The average molecular weight is 316 g/mol. The topological polar surface area (TPSA) is 47.7 Å². The van der Waals surface area contributed by atoms with Crippen LogP contribution in [0.4, 0.5) is 5.69 Å². The molecule has 0 saturated carbocycles. The molecular weight excluding hydrogens is 307 g/mol. The number of rotatable bonds is 3. The fraction of sp³-hybridized carbons (Fsp3) is 0.200. The lowest BCUT2D eigenvalue weighted by Gasteiger charge is -2.02. The fourth-order valence-electron chi connectivity index (χ4n) is 0.932. The number of ether oxygens (including phenoxy) is 1. The second kappa shape index (κ2) is 6.24. The normalized spacial score (nSPS) is 10.4. The van der Waals surface area contributed by atoms with E-state index in [1.165, 1.54) is 7.05 Å². The van der Waals surface area contributed by atoms with E-state index in [1.807, 2.05) is 22.6 Å². The second-order valence-corrected chi connectivity index (χ2v) is 3.07. The standard InChI is InChI=1S/C10H9IN2O2/c1-12-13(14)9-3-5-10(6-4-9)15-8-2-7-11/h3-6H,8H2,1H3. The summed E-state index contributed by atoms with van der Waals surface area (Å²) in [6.07, 6.45) is 0. The Morgan fingerprint density at radius 2 is 2.13 bits per heavy atom.